The Kier molecular flexibility index (Phi) is 5.68. The number of hydrogen-bond donors (Lipinski definition) is 1. The van der Waals surface area contributed by atoms with E-state index in [1.165, 1.54) is 17.7 Å². The van der Waals surface area contributed by atoms with Crippen LogP contribution in [0, 0.1) is 0 Å². The van der Waals surface area contributed by atoms with Crippen molar-refractivity contribution in [2.24, 2.45) is 0 Å². The number of nitrogens with one attached hydrogen (secondary N) is 1. The zero-order chi connectivity index (χ0) is 18.4. The van der Waals surface area contributed by atoms with Crippen molar-refractivity contribution in [2.45, 2.75) is 19.1 Å². The van der Waals surface area contributed by atoms with Gasteiger partial charge in [0.2, 0.25) is 0 Å². The Hall–Kier alpha value is -2.66. The maximum Gasteiger partial charge on any atom is 0.416 e. The first-order valence-electron chi connectivity index (χ1n) is 8.38. The minimum absolute atomic E-state index is 0.628. The molecular formula is C21H19F3N2. The average Bonchev–Trinajstić information content (AvgIpc) is 2.66. The molecule has 2 nitrogen and oxygen atoms in total. The number of hydrogen-bond acceptors (Lipinski definition) is 2. The summed E-state index contributed by atoms with van der Waals surface area (Å²) >= 11 is 0. The van der Waals surface area contributed by atoms with Gasteiger partial charge in [-0.1, -0.05) is 36.4 Å². The van der Waals surface area contributed by atoms with Gasteiger partial charge in [-0.05, 0) is 59.5 Å². The normalized spacial score (nSPS) is 11.5. The zero-order valence-electron chi connectivity index (χ0n) is 14.1. The van der Waals surface area contributed by atoms with E-state index in [0.29, 0.717) is 0 Å². The molecule has 0 bridgehead atoms. The molecule has 0 saturated carbocycles. The van der Waals surface area contributed by atoms with Gasteiger partial charge in [0.25, 0.3) is 0 Å². The third-order valence-corrected chi connectivity index (χ3v) is 4.17. The number of halogens is 3. The van der Waals surface area contributed by atoms with Crippen molar-refractivity contribution in [3.05, 3.63) is 89.7 Å². The van der Waals surface area contributed by atoms with Crippen molar-refractivity contribution in [3.8, 4) is 11.1 Å². The second-order valence-corrected chi connectivity index (χ2v) is 6.05. The van der Waals surface area contributed by atoms with Crippen LogP contribution in [0.4, 0.5) is 13.2 Å². The lowest BCUT2D eigenvalue weighted by molar-refractivity contribution is -0.137. The average molecular weight is 356 g/mol. The highest BCUT2D eigenvalue weighted by Crippen LogP contribution is 2.31. The SMILES string of the molecule is FC(F)(F)c1ccc(-c2ccc(CNCCc3ccncc3)cc2)cc1. The molecule has 1 aromatic heterocycles. The van der Waals surface area contributed by atoms with Crippen LogP contribution in [0.15, 0.2) is 73.1 Å². The van der Waals surface area contributed by atoms with E-state index >= 15 is 0 Å². The molecule has 1 heterocycles. The number of benzene rings is 2. The van der Waals surface area contributed by atoms with Crippen LogP contribution in [0.5, 0.6) is 0 Å². The maximum atomic E-state index is 12.6. The molecule has 0 spiro atoms. The Morgan fingerprint density at radius 2 is 1.31 bits per heavy atom. The molecular weight excluding hydrogens is 337 g/mol. The van der Waals surface area contributed by atoms with Crippen LogP contribution in [0.2, 0.25) is 0 Å². The van der Waals surface area contributed by atoms with Crippen LogP contribution >= 0.6 is 0 Å². The van der Waals surface area contributed by atoms with E-state index in [9.17, 15) is 13.2 Å². The third-order valence-electron chi connectivity index (χ3n) is 4.17. The molecule has 26 heavy (non-hydrogen) atoms. The van der Waals surface area contributed by atoms with Crippen LogP contribution in [0.3, 0.4) is 0 Å². The summed E-state index contributed by atoms with van der Waals surface area (Å²) in [5.74, 6) is 0. The van der Waals surface area contributed by atoms with E-state index in [-0.39, 0.29) is 0 Å². The van der Waals surface area contributed by atoms with Gasteiger partial charge in [0, 0.05) is 18.9 Å². The van der Waals surface area contributed by atoms with Crippen molar-refractivity contribution in [2.75, 3.05) is 6.54 Å². The second kappa shape index (κ2) is 8.15. The first kappa shape index (κ1) is 18.1. The summed E-state index contributed by atoms with van der Waals surface area (Å²) in [4.78, 5) is 4.00. The van der Waals surface area contributed by atoms with E-state index < -0.39 is 11.7 Å². The summed E-state index contributed by atoms with van der Waals surface area (Å²) in [6, 6.07) is 17.1. The molecule has 134 valence electrons. The number of nitrogens with zero attached hydrogens (tertiary/aromatic N) is 1. The summed E-state index contributed by atoms with van der Waals surface area (Å²) in [7, 11) is 0. The molecule has 2 aromatic carbocycles. The lowest BCUT2D eigenvalue weighted by Crippen LogP contribution is -2.16. The molecule has 0 amide bonds. The summed E-state index contributed by atoms with van der Waals surface area (Å²) in [5, 5.41) is 3.39. The van der Waals surface area contributed by atoms with Crippen molar-refractivity contribution in [3.63, 3.8) is 0 Å². The van der Waals surface area contributed by atoms with Crippen LogP contribution < -0.4 is 5.32 Å². The molecule has 0 radical (unpaired) electrons. The minimum atomic E-state index is -4.30. The predicted molar refractivity (Wildman–Crippen MR) is 96.5 cm³/mol. The summed E-state index contributed by atoms with van der Waals surface area (Å²) < 4.78 is 37.9. The molecule has 3 aromatic rings. The number of alkyl halides is 3. The largest absolute Gasteiger partial charge is 0.416 e. The predicted octanol–water partition coefficient (Wildman–Crippen LogP) is 5.10. The number of pyridine rings is 1. The van der Waals surface area contributed by atoms with Gasteiger partial charge in [-0.2, -0.15) is 13.2 Å². The second-order valence-electron chi connectivity index (χ2n) is 6.05. The first-order chi connectivity index (χ1) is 12.5. The van der Waals surface area contributed by atoms with Gasteiger partial charge in [0.05, 0.1) is 5.56 Å². The van der Waals surface area contributed by atoms with E-state index in [1.807, 2.05) is 36.4 Å². The summed E-state index contributed by atoms with van der Waals surface area (Å²) in [6.07, 6.45) is 0.209. The quantitative estimate of drug-likeness (QED) is 0.622. The minimum Gasteiger partial charge on any atom is -0.312 e. The molecule has 0 saturated heterocycles. The Bertz CT molecular complexity index is 811. The highest BCUT2D eigenvalue weighted by atomic mass is 19.4. The summed E-state index contributed by atoms with van der Waals surface area (Å²) in [5.41, 5.74) is 3.42. The fraction of sp³-hybridized carbons (Fsp3) is 0.190. The van der Waals surface area contributed by atoms with Crippen LogP contribution in [-0.2, 0) is 19.1 Å². The Morgan fingerprint density at radius 3 is 1.88 bits per heavy atom. The van der Waals surface area contributed by atoms with Crippen molar-refractivity contribution < 1.29 is 13.2 Å². The highest BCUT2D eigenvalue weighted by Gasteiger charge is 2.29. The molecule has 0 fully saturated rings. The van der Waals surface area contributed by atoms with Crippen LogP contribution in [0.25, 0.3) is 11.1 Å². The molecule has 3 rings (SSSR count). The third kappa shape index (κ3) is 4.92. The molecule has 0 aliphatic rings. The van der Waals surface area contributed by atoms with Gasteiger partial charge in [-0.15, -0.1) is 0 Å². The van der Waals surface area contributed by atoms with E-state index in [0.717, 1.165) is 48.3 Å². The zero-order valence-corrected chi connectivity index (χ0v) is 14.1. The van der Waals surface area contributed by atoms with Gasteiger partial charge in [0.15, 0.2) is 0 Å². The molecule has 5 heteroatoms. The standard InChI is InChI=1S/C21H19F3N2/c22-21(23,24)20-7-5-19(6-8-20)18-3-1-17(2-4-18)15-26-14-11-16-9-12-25-13-10-16/h1-10,12-13,26H,11,14-15H2. The van der Waals surface area contributed by atoms with Gasteiger partial charge in [-0.3, -0.25) is 4.98 Å². The fourth-order valence-electron chi connectivity index (χ4n) is 2.68. The van der Waals surface area contributed by atoms with Gasteiger partial charge >= 0.3 is 6.18 Å². The highest BCUT2D eigenvalue weighted by molar-refractivity contribution is 5.64. The van der Waals surface area contributed by atoms with E-state index in [4.69, 9.17) is 0 Å². The molecule has 0 aliphatic heterocycles. The monoisotopic (exact) mass is 356 g/mol. The lowest BCUT2D eigenvalue weighted by Gasteiger charge is -2.09. The van der Waals surface area contributed by atoms with E-state index in [1.54, 1.807) is 12.4 Å². The van der Waals surface area contributed by atoms with Gasteiger partial charge in [0.1, 0.15) is 0 Å². The van der Waals surface area contributed by atoms with E-state index in [2.05, 4.69) is 10.3 Å². The molecule has 0 aliphatic carbocycles. The van der Waals surface area contributed by atoms with Crippen molar-refractivity contribution >= 4 is 0 Å². The molecule has 1 N–H and O–H groups in total. The smallest absolute Gasteiger partial charge is 0.312 e. The first-order valence-corrected chi connectivity index (χ1v) is 8.38. The maximum absolute atomic E-state index is 12.6. The van der Waals surface area contributed by atoms with Gasteiger partial charge in [-0.25, -0.2) is 0 Å². The Morgan fingerprint density at radius 1 is 0.731 bits per heavy atom. The van der Waals surface area contributed by atoms with Crippen molar-refractivity contribution in [1.82, 2.24) is 10.3 Å². The lowest BCUT2D eigenvalue weighted by atomic mass is 10.0. The van der Waals surface area contributed by atoms with Crippen LogP contribution in [-0.4, -0.2) is 11.5 Å². The summed E-state index contributed by atoms with van der Waals surface area (Å²) in [6.45, 7) is 1.61. The van der Waals surface area contributed by atoms with Crippen molar-refractivity contribution in [1.29, 1.82) is 0 Å². The number of rotatable bonds is 6. The molecule has 0 atom stereocenters. The topological polar surface area (TPSA) is 24.9 Å². The fourth-order valence-corrected chi connectivity index (χ4v) is 2.68. The van der Waals surface area contributed by atoms with Crippen LogP contribution in [0.1, 0.15) is 16.7 Å². The molecule has 0 unspecified atom stereocenters. The Labute approximate surface area is 150 Å². The Balaban J connectivity index is 1.53. The van der Waals surface area contributed by atoms with Gasteiger partial charge < -0.3 is 5.32 Å². The number of aromatic nitrogens is 1.